The average Bonchev–Trinajstić information content (AvgIpc) is 3.15. The van der Waals surface area contributed by atoms with E-state index in [1.54, 1.807) is 22.8 Å². The summed E-state index contributed by atoms with van der Waals surface area (Å²) in [6.45, 7) is 0.488. The molecule has 1 aliphatic rings. The summed E-state index contributed by atoms with van der Waals surface area (Å²) in [7, 11) is -4.09. The molecule has 0 bridgehead atoms. The molecule has 12 heteroatoms. The Morgan fingerprint density at radius 1 is 1.12 bits per heavy atom. The van der Waals surface area contributed by atoms with E-state index >= 15 is 0 Å². The zero-order valence-corrected chi connectivity index (χ0v) is 18.5. The minimum Gasteiger partial charge on any atom is -0.406 e. The van der Waals surface area contributed by atoms with E-state index in [0.29, 0.717) is 6.42 Å². The Morgan fingerprint density at radius 2 is 1.85 bits per heavy atom. The van der Waals surface area contributed by atoms with Gasteiger partial charge in [0.1, 0.15) is 17.3 Å². The number of hydrogen-bond acceptors (Lipinski definition) is 5. The third-order valence-corrected chi connectivity index (χ3v) is 6.65. The number of sulfonamides is 1. The standard InChI is InChI=1S/C22H21F3N4O4S/c23-22(24,25)33-16-6-4-5-14(11-16)18-12-19-21(30)27-13-15(9-10-26)29(19)20(18)28-34(31,32)17-7-2-1-3-8-17/h1-8,11-12,15,28H,9-10,13,26H2,(H,27,30)/t15-/m0/s1. The maximum Gasteiger partial charge on any atom is 0.573 e. The monoisotopic (exact) mass is 494 g/mol. The van der Waals surface area contributed by atoms with E-state index < -0.39 is 28.0 Å². The van der Waals surface area contributed by atoms with E-state index in [2.05, 4.69) is 14.8 Å². The molecule has 0 saturated heterocycles. The Morgan fingerprint density at radius 3 is 2.53 bits per heavy atom. The lowest BCUT2D eigenvalue weighted by atomic mass is 10.1. The highest BCUT2D eigenvalue weighted by Crippen LogP contribution is 2.39. The van der Waals surface area contributed by atoms with Gasteiger partial charge in [-0.05, 0) is 48.9 Å². The molecule has 0 fully saturated rings. The van der Waals surface area contributed by atoms with Crippen LogP contribution < -0.4 is 20.5 Å². The molecule has 0 spiro atoms. The fourth-order valence-electron chi connectivity index (χ4n) is 3.87. The molecule has 0 unspecified atom stereocenters. The van der Waals surface area contributed by atoms with Crippen LogP contribution in [0.4, 0.5) is 19.0 Å². The second-order valence-electron chi connectivity index (χ2n) is 7.60. The molecule has 180 valence electrons. The Bertz CT molecular complexity index is 1310. The number of alkyl halides is 3. The van der Waals surface area contributed by atoms with Gasteiger partial charge >= 0.3 is 6.36 Å². The van der Waals surface area contributed by atoms with Crippen LogP contribution in [-0.2, 0) is 10.0 Å². The second-order valence-corrected chi connectivity index (χ2v) is 9.28. The number of nitrogens with zero attached hydrogens (tertiary/aromatic N) is 1. The highest BCUT2D eigenvalue weighted by atomic mass is 32.2. The molecule has 1 amide bonds. The van der Waals surface area contributed by atoms with E-state index in [1.807, 2.05) is 0 Å². The molecule has 4 rings (SSSR count). The third-order valence-electron chi connectivity index (χ3n) is 5.30. The van der Waals surface area contributed by atoms with Crippen LogP contribution in [0.1, 0.15) is 23.0 Å². The number of aromatic nitrogens is 1. The summed E-state index contributed by atoms with van der Waals surface area (Å²) in [5.41, 5.74) is 6.34. The fourth-order valence-corrected chi connectivity index (χ4v) is 4.96. The van der Waals surface area contributed by atoms with Crippen LogP contribution in [0.2, 0.25) is 0 Å². The van der Waals surface area contributed by atoms with Crippen molar-refractivity contribution in [2.75, 3.05) is 17.8 Å². The smallest absolute Gasteiger partial charge is 0.406 e. The van der Waals surface area contributed by atoms with Crippen LogP contribution in [0, 0.1) is 0 Å². The highest BCUT2D eigenvalue weighted by molar-refractivity contribution is 7.92. The Kier molecular flexibility index (Phi) is 6.28. The summed E-state index contributed by atoms with van der Waals surface area (Å²) < 4.78 is 72.7. The normalized spacial score (nSPS) is 16.0. The number of nitrogens with one attached hydrogen (secondary N) is 2. The molecular weight excluding hydrogens is 473 g/mol. The molecule has 1 atom stereocenters. The summed E-state index contributed by atoms with van der Waals surface area (Å²) in [6.07, 6.45) is -4.47. The minimum atomic E-state index is -4.90. The van der Waals surface area contributed by atoms with Crippen molar-refractivity contribution in [3.63, 3.8) is 0 Å². The fraction of sp³-hybridized carbons (Fsp3) is 0.227. The number of carbonyl (C=O) groups excluding carboxylic acids is 1. The van der Waals surface area contributed by atoms with Crippen molar-refractivity contribution in [3.05, 3.63) is 66.4 Å². The van der Waals surface area contributed by atoms with Crippen LogP contribution in [0.3, 0.4) is 0 Å². The number of benzene rings is 2. The van der Waals surface area contributed by atoms with Gasteiger partial charge in [0, 0.05) is 12.1 Å². The van der Waals surface area contributed by atoms with Crippen LogP contribution in [0.5, 0.6) is 5.75 Å². The van der Waals surface area contributed by atoms with Crippen LogP contribution in [0.15, 0.2) is 65.6 Å². The third kappa shape index (κ3) is 4.87. The second kappa shape index (κ2) is 9.03. The van der Waals surface area contributed by atoms with E-state index in [9.17, 15) is 26.4 Å². The first-order valence-electron chi connectivity index (χ1n) is 10.3. The lowest BCUT2D eigenvalue weighted by Crippen LogP contribution is -2.40. The molecule has 8 nitrogen and oxygen atoms in total. The SMILES string of the molecule is NCC[C@H]1CNC(=O)c2cc(-c3cccc(OC(F)(F)F)c3)c(NS(=O)(=O)c3ccccc3)n21. The highest BCUT2D eigenvalue weighted by Gasteiger charge is 2.33. The number of nitrogens with two attached hydrogens (primary N) is 1. The number of rotatable bonds is 7. The first-order valence-corrected chi connectivity index (χ1v) is 11.7. The van der Waals surface area contributed by atoms with Gasteiger partial charge in [-0.25, -0.2) is 8.42 Å². The Labute approximate surface area is 193 Å². The maximum absolute atomic E-state index is 13.1. The van der Waals surface area contributed by atoms with Crippen molar-refractivity contribution in [1.29, 1.82) is 0 Å². The molecule has 0 radical (unpaired) electrons. The topological polar surface area (TPSA) is 115 Å². The van der Waals surface area contributed by atoms with Gasteiger partial charge in [0.25, 0.3) is 15.9 Å². The zero-order chi connectivity index (χ0) is 24.5. The number of anilines is 1. The predicted octanol–water partition coefficient (Wildman–Crippen LogP) is 3.49. The number of halogens is 3. The van der Waals surface area contributed by atoms with E-state index in [1.165, 1.54) is 30.3 Å². The maximum atomic E-state index is 13.1. The van der Waals surface area contributed by atoms with Crippen molar-refractivity contribution in [2.45, 2.75) is 23.7 Å². The van der Waals surface area contributed by atoms with Crippen molar-refractivity contribution < 1.29 is 31.1 Å². The quantitative estimate of drug-likeness (QED) is 0.465. The summed E-state index contributed by atoms with van der Waals surface area (Å²) in [6, 6.07) is 13.8. The Balaban J connectivity index is 1.88. The van der Waals surface area contributed by atoms with Gasteiger partial charge in [0.15, 0.2) is 0 Å². The summed E-state index contributed by atoms with van der Waals surface area (Å²) >= 11 is 0. The molecule has 1 aromatic heterocycles. The molecule has 0 saturated carbocycles. The summed E-state index contributed by atoms with van der Waals surface area (Å²) in [5, 5.41) is 2.74. The van der Waals surface area contributed by atoms with Crippen molar-refractivity contribution in [2.24, 2.45) is 5.73 Å². The van der Waals surface area contributed by atoms with E-state index in [4.69, 9.17) is 5.73 Å². The van der Waals surface area contributed by atoms with Crippen molar-refractivity contribution in [1.82, 2.24) is 9.88 Å². The summed E-state index contributed by atoms with van der Waals surface area (Å²) in [5.74, 6) is -0.868. The van der Waals surface area contributed by atoms with Gasteiger partial charge in [-0.2, -0.15) is 0 Å². The van der Waals surface area contributed by atoms with E-state index in [0.717, 1.165) is 12.1 Å². The number of fused-ring (bicyclic) bond motifs is 1. The molecule has 2 aromatic carbocycles. The van der Waals surface area contributed by atoms with E-state index in [-0.39, 0.29) is 46.7 Å². The molecule has 2 heterocycles. The van der Waals surface area contributed by atoms with Gasteiger partial charge in [-0.1, -0.05) is 30.3 Å². The van der Waals surface area contributed by atoms with Gasteiger partial charge in [-0.3, -0.25) is 9.52 Å². The summed E-state index contributed by atoms with van der Waals surface area (Å²) in [4.78, 5) is 12.6. The molecule has 1 aliphatic heterocycles. The average molecular weight is 494 g/mol. The minimum absolute atomic E-state index is 0.0127. The van der Waals surface area contributed by atoms with Gasteiger partial charge in [0.2, 0.25) is 0 Å². The molecular formula is C22H21F3N4O4S. The number of amides is 1. The lowest BCUT2D eigenvalue weighted by Gasteiger charge is -2.28. The van der Waals surface area contributed by atoms with Crippen LogP contribution in [0.25, 0.3) is 11.1 Å². The van der Waals surface area contributed by atoms with Crippen molar-refractivity contribution >= 4 is 21.7 Å². The zero-order valence-electron chi connectivity index (χ0n) is 17.7. The molecule has 34 heavy (non-hydrogen) atoms. The molecule has 3 aromatic rings. The molecule has 0 aliphatic carbocycles. The van der Waals surface area contributed by atoms with Crippen LogP contribution >= 0.6 is 0 Å². The van der Waals surface area contributed by atoms with Gasteiger partial charge in [0.05, 0.1) is 10.9 Å². The van der Waals surface area contributed by atoms with Crippen LogP contribution in [-0.4, -0.2) is 38.3 Å². The molecule has 4 N–H and O–H groups in total. The number of carbonyl (C=O) groups is 1. The van der Waals surface area contributed by atoms with Gasteiger partial charge in [-0.15, -0.1) is 13.2 Å². The Hall–Kier alpha value is -3.51. The first-order chi connectivity index (χ1) is 16.1. The van der Waals surface area contributed by atoms with Crippen molar-refractivity contribution in [3.8, 4) is 16.9 Å². The number of hydrogen-bond donors (Lipinski definition) is 3. The van der Waals surface area contributed by atoms with Gasteiger partial charge < -0.3 is 20.4 Å². The number of ether oxygens (including phenoxy) is 1. The first kappa shape index (κ1) is 23.6. The largest absolute Gasteiger partial charge is 0.573 e. The lowest BCUT2D eigenvalue weighted by molar-refractivity contribution is -0.274. The predicted molar refractivity (Wildman–Crippen MR) is 119 cm³/mol.